The van der Waals surface area contributed by atoms with Crippen molar-refractivity contribution in [2.45, 2.75) is 33.4 Å². The Morgan fingerprint density at radius 1 is 1.37 bits per heavy atom. The van der Waals surface area contributed by atoms with Crippen LogP contribution in [0.1, 0.15) is 22.2 Å². The standard InChI is InChI=1S/C14H22N2O2S/c1-10-8-13(12(3)19-10)9-15-4-6-16(7-5-15)11(2)14(17)18/h8,11H,4-7,9H2,1-3H3,(H,17,18). The normalized spacial score (nSPS) is 19.5. The lowest BCUT2D eigenvalue weighted by molar-refractivity contribution is -0.143. The van der Waals surface area contributed by atoms with Gasteiger partial charge in [-0.1, -0.05) is 0 Å². The van der Waals surface area contributed by atoms with Gasteiger partial charge in [0.15, 0.2) is 0 Å². The van der Waals surface area contributed by atoms with Crippen molar-refractivity contribution in [3.8, 4) is 0 Å². The number of aliphatic carboxylic acids is 1. The summed E-state index contributed by atoms with van der Waals surface area (Å²) in [6.45, 7) is 10.7. The Kier molecular flexibility index (Phi) is 4.60. The van der Waals surface area contributed by atoms with Gasteiger partial charge < -0.3 is 5.11 Å². The third kappa shape index (κ3) is 3.55. The highest BCUT2D eigenvalue weighted by Gasteiger charge is 2.25. The predicted molar refractivity (Wildman–Crippen MR) is 77.7 cm³/mol. The minimum atomic E-state index is -0.724. The lowest BCUT2D eigenvalue weighted by atomic mass is 10.2. The van der Waals surface area contributed by atoms with Crippen molar-refractivity contribution in [1.29, 1.82) is 0 Å². The monoisotopic (exact) mass is 282 g/mol. The summed E-state index contributed by atoms with van der Waals surface area (Å²) in [5.41, 5.74) is 1.42. The van der Waals surface area contributed by atoms with Crippen molar-refractivity contribution in [2.75, 3.05) is 26.2 Å². The summed E-state index contributed by atoms with van der Waals surface area (Å²) in [6, 6.07) is 1.90. The molecule has 1 fully saturated rings. The van der Waals surface area contributed by atoms with Crippen molar-refractivity contribution in [3.05, 3.63) is 21.4 Å². The van der Waals surface area contributed by atoms with Gasteiger partial charge in [-0.3, -0.25) is 14.6 Å². The van der Waals surface area contributed by atoms with Crippen molar-refractivity contribution < 1.29 is 9.90 Å². The van der Waals surface area contributed by atoms with Crippen molar-refractivity contribution in [1.82, 2.24) is 9.80 Å². The van der Waals surface area contributed by atoms with Crippen molar-refractivity contribution in [3.63, 3.8) is 0 Å². The Bertz CT molecular complexity index is 450. The molecule has 1 N–H and O–H groups in total. The molecular weight excluding hydrogens is 260 g/mol. The quantitative estimate of drug-likeness (QED) is 0.917. The molecule has 1 saturated heterocycles. The SMILES string of the molecule is Cc1cc(CN2CCN(C(C)C(=O)O)CC2)c(C)s1. The second-order valence-corrected chi connectivity index (χ2v) is 6.73. The Hall–Kier alpha value is -0.910. The van der Waals surface area contributed by atoms with E-state index in [4.69, 9.17) is 5.11 Å². The maximum Gasteiger partial charge on any atom is 0.320 e. The zero-order valence-electron chi connectivity index (χ0n) is 11.8. The van der Waals surface area contributed by atoms with E-state index in [2.05, 4.69) is 24.8 Å². The van der Waals surface area contributed by atoms with Gasteiger partial charge in [-0.05, 0) is 32.4 Å². The Morgan fingerprint density at radius 2 is 2.00 bits per heavy atom. The minimum absolute atomic E-state index is 0.368. The lowest BCUT2D eigenvalue weighted by Gasteiger charge is -2.36. The van der Waals surface area contributed by atoms with E-state index < -0.39 is 5.97 Å². The molecule has 1 aromatic rings. The number of aryl methyl sites for hydroxylation is 2. The van der Waals surface area contributed by atoms with E-state index in [1.807, 2.05) is 16.2 Å². The van der Waals surface area contributed by atoms with Gasteiger partial charge in [-0.25, -0.2) is 0 Å². The van der Waals surface area contributed by atoms with Crippen LogP contribution in [0, 0.1) is 13.8 Å². The highest BCUT2D eigenvalue weighted by molar-refractivity contribution is 7.12. The van der Waals surface area contributed by atoms with Crippen LogP contribution in [0.3, 0.4) is 0 Å². The van der Waals surface area contributed by atoms with E-state index in [1.165, 1.54) is 15.3 Å². The van der Waals surface area contributed by atoms with Gasteiger partial charge in [0, 0.05) is 42.5 Å². The molecule has 5 heteroatoms. The van der Waals surface area contributed by atoms with Crippen LogP contribution in [-0.4, -0.2) is 53.1 Å². The van der Waals surface area contributed by atoms with Crippen molar-refractivity contribution in [2.24, 2.45) is 0 Å². The Labute approximate surface area is 118 Å². The second kappa shape index (κ2) is 6.03. The van der Waals surface area contributed by atoms with Crippen LogP contribution in [0.25, 0.3) is 0 Å². The van der Waals surface area contributed by atoms with E-state index in [0.29, 0.717) is 0 Å². The molecule has 106 valence electrons. The maximum atomic E-state index is 11.0. The van der Waals surface area contributed by atoms with E-state index in [9.17, 15) is 4.79 Å². The molecule has 0 spiro atoms. The van der Waals surface area contributed by atoms with Gasteiger partial charge in [0.2, 0.25) is 0 Å². The maximum absolute atomic E-state index is 11.0. The van der Waals surface area contributed by atoms with Crippen LogP contribution in [0.4, 0.5) is 0 Å². The average Bonchev–Trinajstić information content (AvgIpc) is 2.68. The Morgan fingerprint density at radius 3 is 2.47 bits per heavy atom. The molecule has 0 amide bonds. The smallest absolute Gasteiger partial charge is 0.320 e. The molecule has 0 bridgehead atoms. The second-order valence-electron chi connectivity index (χ2n) is 5.26. The fourth-order valence-electron chi connectivity index (χ4n) is 2.55. The fourth-order valence-corrected chi connectivity index (χ4v) is 3.49. The van der Waals surface area contributed by atoms with Crippen LogP contribution in [0.5, 0.6) is 0 Å². The zero-order chi connectivity index (χ0) is 14.0. The largest absolute Gasteiger partial charge is 0.480 e. The molecule has 1 aliphatic rings. The summed E-state index contributed by atoms with van der Waals surface area (Å²) in [5.74, 6) is -0.724. The summed E-state index contributed by atoms with van der Waals surface area (Å²) in [6.07, 6.45) is 0. The number of nitrogens with zero attached hydrogens (tertiary/aromatic N) is 2. The minimum Gasteiger partial charge on any atom is -0.480 e. The highest BCUT2D eigenvalue weighted by Crippen LogP contribution is 2.22. The van der Waals surface area contributed by atoms with E-state index in [0.717, 1.165) is 32.7 Å². The number of carboxylic acid groups (broad SMARTS) is 1. The molecule has 0 aliphatic carbocycles. The van der Waals surface area contributed by atoms with Crippen LogP contribution < -0.4 is 0 Å². The first kappa shape index (κ1) is 14.5. The van der Waals surface area contributed by atoms with Gasteiger partial charge in [-0.2, -0.15) is 0 Å². The molecular formula is C14H22N2O2S. The summed E-state index contributed by atoms with van der Waals surface area (Å²) in [5, 5.41) is 9.02. The van der Waals surface area contributed by atoms with Gasteiger partial charge in [0.05, 0.1) is 0 Å². The van der Waals surface area contributed by atoms with Gasteiger partial charge >= 0.3 is 5.97 Å². The predicted octanol–water partition coefficient (Wildman–Crippen LogP) is 1.96. The lowest BCUT2D eigenvalue weighted by Crippen LogP contribution is -2.51. The molecule has 0 aromatic carbocycles. The Balaban J connectivity index is 1.87. The number of thiophene rings is 1. The number of hydrogen-bond donors (Lipinski definition) is 1. The molecule has 2 heterocycles. The first-order valence-electron chi connectivity index (χ1n) is 6.72. The van der Waals surface area contributed by atoms with E-state index in [1.54, 1.807) is 6.92 Å². The number of rotatable bonds is 4. The molecule has 1 atom stereocenters. The third-order valence-corrected chi connectivity index (χ3v) is 4.86. The van der Waals surface area contributed by atoms with Crippen LogP contribution in [-0.2, 0) is 11.3 Å². The number of piperazine rings is 1. The average molecular weight is 282 g/mol. The van der Waals surface area contributed by atoms with Crippen LogP contribution >= 0.6 is 11.3 Å². The van der Waals surface area contributed by atoms with Gasteiger partial charge in [0.25, 0.3) is 0 Å². The summed E-state index contributed by atoms with van der Waals surface area (Å²) >= 11 is 1.85. The molecule has 4 nitrogen and oxygen atoms in total. The molecule has 1 unspecified atom stereocenters. The summed E-state index contributed by atoms with van der Waals surface area (Å²) in [4.78, 5) is 18.2. The number of carboxylic acids is 1. The van der Waals surface area contributed by atoms with Gasteiger partial charge in [0.1, 0.15) is 6.04 Å². The van der Waals surface area contributed by atoms with Crippen molar-refractivity contribution >= 4 is 17.3 Å². The third-order valence-electron chi connectivity index (χ3n) is 3.85. The highest BCUT2D eigenvalue weighted by atomic mass is 32.1. The number of carbonyl (C=O) groups is 1. The molecule has 0 radical (unpaired) electrons. The topological polar surface area (TPSA) is 43.8 Å². The first-order valence-corrected chi connectivity index (χ1v) is 7.54. The molecule has 2 rings (SSSR count). The van der Waals surface area contributed by atoms with E-state index >= 15 is 0 Å². The fraction of sp³-hybridized carbons (Fsp3) is 0.643. The van der Waals surface area contributed by atoms with E-state index in [-0.39, 0.29) is 6.04 Å². The van der Waals surface area contributed by atoms with Gasteiger partial charge in [-0.15, -0.1) is 11.3 Å². The number of hydrogen-bond acceptors (Lipinski definition) is 4. The van der Waals surface area contributed by atoms with Crippen LogP contribution in [0.15, 0.2) is 6.07 Å². The summed E-state index contributed by atoms with van der Waals surface area (Å²) in [7, 11) is 0. The zero-order valence-corrected chi connectivity index (χ0v) is 12.7. The molecule has 19 heavy (non-hydrogen) atoms. The molecule has 0 saturated carbocycles. The molecule has 1 aromatic heterocycles. The molecule has 1 aliphatic heterocycles. The first-order chi connectivity index (χ1) is 8.97. The summed E-state index contributed by atoms with van der Waals surface area (Å²) < 4.78 is 0. The van der Waals surface area contributed by atoms with Crippen LogP contribution in [0.2, 0.25) is 0 Å².